The molecule has 3 nitrogen and oxygen atoms in total. The lowest BCUT2D eigenvalue weighted by atomic mass is 9.89. The molecule has 130 valence electrons. The van der Waals surface area contributed by atoms with Crippen molar-refractivity contribution in [2.45, 2.75) is 95.2 Å². The first-order chi connectivity index (χ1) is 10.3. The van der Waals surface area contributed by atoms with E-state index < -0.39 is 0 Å². The summed E-state index contributed by atoms with van der Waals surface area (Å²) in [5.41, 5.74) is 0. The molecule has 0 aromatic heterocycles. The van der Waals surface area contributed by atoms with Crippen molar-refractivity contribution in [2.24, 2.45) is 0 Å². The molecule has 0 spiro atoms. The summed E-state index contributed by atoms with van der Waals surface area (Å²) in [5, 5.41) is 14.0. The number of aliphatic hydroxyl groups is 1. The van der Waals surface area contributed by atoms with Crippen LogP contribution in [0.5, 0.6) is 0 Å². The van der Waals surface area contributed by atoms with E-state index in [0.29, 0.717) is 22.9 Å². The Labute approximate surface area is 141 Å². The van der Waals surface area contributed by atoms with Crippen LogP contribution >= 0.6 is 11.8 Å². The molecule has 1 aliphatic heterocycles. The summed E-state index contributed by atoms with van der Waals surface area (Å²) < 4.78 is 0.358. The van der Waals surface area contributed by atoms with Crippen LogP contribution in [0.4, 0.5) is 0 Å². The number of hydrogen-bond acceptors (Lipinski definition) is 4. The molecule has 2 aliphatic rings. The van der Waals surface area contributed by atoms with Gasteiger partial charge in [-0.25, -0.2) is 0 Å². The molecule has 2 fully saturated rings. The van der Waals surface area contributed by atoms with Gasteiger partial charge in [0.2, 0.25) is 0 Å². The molecule has 22 heavy (non-hydrogen) atoms. The fourth-order valence-corrected chi connectivity index (χ4v) is 4.59. The normalized spacial score (nSPS) is 30.4. The Balaban J connectivity index is 1.68. The van der Waals surface area contributed by atoms with E-state index in [-0.39, 0.29) is 6.10 Å². The molecular weight excluding hydrogens is 292 g/mol. The van der Waals surface area contributed by atoms with Gasteiger partial charge in [0.1, 0.15) is 0 Å². The lowest BCUT2D eigenvalue weighted by Crippen LogP contribution is -2.52. The molecule has 1 heterocycles. The number of likely N-dealkylation sites (tertiary alicyclic amines) is 1. The summed E-state index contributed by atoms with van der Waals surface area (Å²) in [6, 6.07) is 1.68. The van der Waals surface area contributed by atoms with E-state index in [1.807, 2.05) is 11.8 Å². The zero-order valence-electron chi connectivity index (χ0n) is 15.0. The first-order valence-electron chi connectivity index (χ1n) is 9.17. The van der Waals surface area contributed by atoms with Crippen LogP contribution in [0.1, 0.15) is 66.2 Å². The molecule has 2 N–H and O–H groups in total. The Kier molecular flexibility index (Phi) is 7.06. The zero-order valence-corrected chi connectivity index (χ0v) is 15.8. The van der Waals surface area contributed by atoms with E-state index in [4.69, 9.17) is 0 Å². The number of aliphatic hydroxyl groups excluding tert-OH is 1. The molecule has 3 atom stereocenters. The van der Waals surface area contributed by atoms with Crippen LogP contribution in [0.2, 0.25) is 0 Å². The third kappa shape index (κ3) is 6.03. The van der Waals surface area contributed by atoms with Crippen molar-refractivity contribution in [1.29, 1.82) is 0 Å². The second kappa shape index (κ2) is 8.36. The Hall–Kier alpha value is 0.230. The van der Waals surface area contributed by atoms with Gasteiger partial charge in [-0.2, -0.15) is 11.8 Å². The van der Waals surface area contributed by atoms with Gasteiger partial charge in [-0.15, -0.1) is 0 Å². The third-order valence-electron chi connectivity index (χ3n) is 4.98. The first-order valence-corrected chi connectivity index (χ1v) is 10.2. The second-order valence-electron chi connectivity index (χ2n) is 8.22. The molecule has 1 aliphatic carbocycles. The van der Waals surface area contributed by atoms with Gasteiger partial charge >= 0.3 is 0 Å². The summed E-state index contributed by atoms with van der Waals surface area (Å²) >= 11 is 2.05. The SMILES string of the molecule is C[C@H](CSC(C)(C)C)NC1CCN([C@H]2CCCC[C@H]2O)CC1. The molecule has 0 amide bonds. The van der Waals surface area contributed by atoms with Gasteiger partial charge in [0.25, 0.3) is 0 Å². The minimum Gasteiger partial charge on any atom is -0.391 e. The molecule has 0 unspecified atom stereocenters. The van der Waals surface area contributed by atoms with Gasteiger partial charge in [0.15, 0.2) is 0 Å². The Morgan fingerprint density at radius 3 is 2.36 bits per heavy atom. The van der Waals surface area contributed by atoms with Crippen molar-refractivity contribution < 1.29 is 5.11 Å². The molecule has 4 heteroatoms. The van der Waals surface area contributed by atoms with Gasteiger partial charge in [-0.05, 0) is 32.6 Å². The maximum absolute atomic E-state index is 10.2. The molecular formula is C18H36N2OS. The predicted octanol–water partition coefficient (Wildman–Crippen LogP) is 3.26. The quantitative estimate of drug-likeness (QED) is 0.812. The number of rotatable bonds is 5. The minimum atomic E-state index is -0.0830. The summed E-state index contributed by atoms with van der Waals surface area (Å²) in [6.07, 6.45) is 7.07. The van der Waals surface area contributed by atoms with Gasteiger partial charge < -0.3 is 10.4 Å². The van der Waals surface area contributed by atoms with Crippen LogP contribution in [0.15, 0.2) is 0 Å². The van der Waals surface area contributed by atoms with E-state index in [1.54, 1.807) is 0 Å². The van der Waals surface area contributed by atoms with Gasteiger partial charge in [0, 0.05) is 41.7 Å². The van der Waals surface area contributed by atoms with E-state index in [1.165, 1.54) is 37.9 Å². The average Bonchev–Trinajstić information content (AvgIpc) is 2.46. The molecule has 1 saturated carbocycles. The van der Waals surface area contributed by atoms with E-state index in [0.717, 1.165) is 19.5 Å². The maximum Gasteiger partial charge on any atom is 0.0695 e. The molecule has 0 aromatic carbocycles. The minimum absolute atomic E-state index is 0.0830. The molecule has 0 bridgehead atoms. The first kappa shape index (κ1) is 18.6. The summed E-state index contributed by atoms with van der Waals surface area (Å²) in [7, 11) is 0. The molecule has 2 rings (SSSR count). The monoisotopic (exact) mass is 328 g/mol. The predicted molar refractivity (Wildman–Crippen MR) is 97.7 cm³/mol. The van der Waals surface area contributed by atoms with Crippen LogP contribution in [0.25, 0.3) is 0 Å². The summed E-state index contributed by atoms with van der Waals surface area (Å²) in [4.78, 5) is 2.55. The molecule has 0 aromatic rings. The van der Waals surface area contributed by atoms with Crippen molar-refractivity contribution in [3.8, 4) is 0 Å². The lowest BCUT2D eigenvalue weighted by molar-refractivity contribution is 0.00685. The van der Waals surface area contributed by atoms with Crippen LogP contribution in [0.3, 0.4) is 0 Å². The maximum atomic E-state index is 10.2. The second-order valence-corrected chi connectivity index (χ2v) is 10.1. The smallest absolute Gasteiger partial charge is 0.0695 e. The summed E-state index contributed by atoms with van der Waals surface area (Å²) in [6.45, 7) is 11.5. The van der Waals surface area contributed by atoms with Crippen molar-refractivity contribution in [3.05, 3.63) is 0 Å². The van der Waals surface area contributed by atoms with Gasteiger partial charge in [-0.3, -0.25) is 4.90 Å². The number of nitrogens with zero attached hydrogens (tertiary/aromatic N) is 1. The molecule has 1 saturated heterocycles. The standard InChI is InChI=1S/C18H36N2OS/c1-14(13-22-18(2,3)4)19-15-9-11-20(12-10-15)16-7-5-6-8-17(16)21/h14-17,19,21H,5-13H2,1-4H3/t14-,16+,17-/m1/s1. The van der Waals surface area contributed by atoms with Crippen LogP contribution < -0.4 is 5.32 Å². The van der Waals surface area contributed by atoms with Crippen LogP contribution in [0, 0.1) is 0 Å². The number of thioether (sulfide) groups is 1. The van der Waals surface area contributed by atoms with Crippen LogP contribution in [-0.4, -0.2) is 57.8 Å². The zero-order chi connectivity index (χ0) is 16.2. The highest BCUT2D eigenvalue weighted by Crippen LogP contribution is 2.27. The van der Waals surface area contributed by atoms with Crippen molar-refractivity contribution in [3.63, 3.8) is 0 Å². The largest absolute Gasteiger partial charge is 0.391 e. The van der Waals surface area contributed by atoms with E-state index in [2.05, 4.69) is 37.9 Å². The van der Waals surface area contributed by atoms with Crippen molar-refractivity contribution in [1.82, 2.24) is 10.2 Å². The third-order valence-corrected chi connectivity index (χ3v) is 6.51. The number of hydrogen-bond donors (Lipinski definition) is 2. The number of piperidine rings is 1. The molecule has 0 radical (unpaired) electrons. The van der Waals surface area contributed by atoms with Gasteiger partial charge in [0.05, 0.1) is 6.10 Å². The van der Waals surface area contributed by atoms with Crippen molar-refractivity contribution in [2.75, 3.05) is 18.8 Å². The summed E-state index contributed by atoms with van der Waals surface area (Å²) in [5.74, 6) is 1.19. The fourth-order valence-electron chi connectivity index (χ4n) is 3.74. The highest BCUT2D eigenvalue weighted by molar-refractivity contribution is 8.00. The number of nitrogens with one attached hydrogen (secondary N) is 1. The van der Waals surface area contributed by atoms with Gasteiger partial charge in [-0.1, -0.05) is 33.6 Å². The highest BCUT2D eigenvalue weighted by Gasteiger charge is 2.31. The highest BCUT2D eigenvalue weighted by atomic mass is 32.2. The van der Waals surface area contributed by atoms with Crippen molar-refractivity contribution >= 4 is 11.8 Å². The van der Waals surface area contributed by atoms with E-state index in [9.17, 15) is 5.11 Å². The Bertz CT molecular complexity index is 324. The van der Waals surface area contributed by atoms with Crippen LogP contribution in [-0.2, 0) is 0 Å². The fraction of sp³-hybridized carbons (Fsp3) is 1.00. The van der Waals surface area contributed by atoms with E-state index >= 15 is 0 Å². The Morgan fingerprint density at radius 2 is 1.77 bits per heavy atom. The lowest BCUT2D eigenvalue weighted by Gasteiger charge is -2.42. The Morgan fingerprint density at radius 1 is 1.14 bits per heavy atom. The average molecular weight is 329 g/mol. The topological polar surface area (TPSA) is 35.5 Å².